The van der Waals surface area contributed by atoms with E-state index in [1.165, 1.54) is 17.7 Å². The molecule has 1 rings (SSSR count). The summed E-state index contributed by atoms with van der Waals surface area (Å²) in [5.74, 6) is 0.539. The number of nitrogens with zero attached hydrogens (tertiary/aromatic N) is 3. The lowest BCUT2D eigenvalue weighted by molar-refractivity contribution is 0.450. The third-order valence-corrected chi connectivity index (χ3v) is 4.06. The van der Waals surface area contributed by atoms with Crippen molar-refractivity contribution in [2.75, 3.05) is 7.05 Å². The number of hydrogen-bond acceptors (Lipinski definition) is 4. The van der Waals surface area contributed by atoms with E-state index < -0.39 is 15.3 Å². The van der Waals surface area contributed by atoms with Crippen LogP contribution in [0.4, 0.5) is 0 Å². The van der Waals surface area contributed by atoms with E-state index in [-0.39, 0.29) is 6.54 Å². The third-order valence-electron chi connectivity index (χ3n) is 1.87. The highest BCUT2D eigenvalue weighted by molar-refractivity contribution is 7.89. The molecular formula is C7H14N4O2S. The van der Waals surface area contributed by atoms with Crippen LogP contribution in [0.1, 0.15) is 19.7 Å². The summed E-state index contributed by atoms with van der Waals surface area (Å²) >= 11 is 0. The molecule has 1 aromatic heterocycles. The first-order valence-corrected chi connectivity index (χ1v) is 5.74. The molecule has 80 valence electrons. The van der Waals surface area contributed by atoms with Gasteiger partial charge in [-0.25, -0.2) is 13.4 Å². The van der Waals surface area contributed by atoms with Crippen LogP contribution < -0.4 is 0 Å². The van der Waals surface area contributed by atoms with E-state index in [2.05, 4.69) is 15.2 Å². The maximum atomic E-state index is 11.6. The Balaban J connectivity index is 2.72. The van der Waals surface area contributed by atoms with Crippen molar-refractivity contribution in [1.29, 1.82) is 0 Å². The Morgan fingerprint density at radius 3 is 2.64 bits per heavy atom. The van der Waals surface area contributed by atoms with Crippen LogP contribution in [0, 0.1) is 0 Å². The van der Waals surface area contributed by atoms with Crippen LogP contribution in [-0.4, -0.2) is 40.2 Å². The zero-order chi connectivity index (χ0) is 10.8. The van der Waals surface area contributed by atoms with Crippen LogP contribution in [0.25, 0.3) is 0 Å². The van der Waals surface area contributed by atoms with Gasteiger partial charge in [0.1, 0.15) is 12.2 Å². The molecule has 0 aliphatic rings. The number of aromatic amines is 1. The van der Waals surface area contributed by atoms with Crippen LogP contribution >= 0.6 is 0 Å². The first kappa shape index (κ1) is 11.1. The zero-order valence-corrected chi connectivity index (χ0v) is 9.24. The highest BCUT2D eigenvalue weighted by atomic mass is 32.2. The maximum absolute atomic E-state index is 11.6. The average molecular weight is 218 g/mol. The Morgan fingerprint density at radius 2 is 2.21 bits per heavy atom. The normalized spacial score (nSPS) is 12.6. The predicted octanol–water partition coefficient (Wildman–Crippen LogP) is -0.0253. The molecular weight excluding hydrogens is 204 g/mol. The lowest BCUT2D eigenvalue weighted by Crippen LogP contribution is -2.32. The molecule has 0 saturated heterocycles. The largest absolute Gasteiger partial charge is 0.262 e. The quantitative estimate of drug-likeness (QED) is 0.770. The van der Waals surface area contributed by atoms with Gasteiger partial charge < -0.3 is 0 Å². The molecule has 14 heavy (non-hydrogen) atoms. The smallest absolute Gasteiger partial charge is 0.216 e. The molecule has 0 atom stereocenters. The van der Waals surface area contributed by atoms with Crippen LogP contribution in [-0.2, 0) is 16.6 Å². The molecule has 0 radical (unpaired) electrons. The monoisotopic (exact) mass is 218 g/mol. The second kappa shape index (κ2) is 4.05. The number of aromatic nitrogens is 3. The minimum absolute atomic E-state index is 0.223. The van der Waals surface area contributed by atoms with Crippen molar-refractivity contribution in [2.45, 2.75) is 25.6 Å². The Morgan fingerprint density at radius 1 is 1.57 bits per heavy atom. The number of H-pyrrole nitrogens is 1. The molecule has 0 unspecified atom stereocenters. The molecule has 0 saturated carbocycles. The lowest BCUT2D eigenvalue weighted by Gasteiger charge is -2.18. The van der Waals surface area contributed by atoms with Crippen molar-refractivity contribution >= 4 is 10.0 Å². The van der Waals surface area contributed by atoms with Gasteiger partial charge in [-0.05, 0) is 13.8 Å². The van der Waals surface area contributed by atoms with E-state index in [0.717, 1.165) is 0 Å². The molecule has 1 heterocycles. The Bertz CT molecular complexity index is 370. The van der Waals surface area contributed by atoms with E-state index >= 15 is 0 Å². The van der Waals surface area contributed by atoms with E-state index in [0.29, 0.717) is 5.82 Å². The minimum Gasteiger partial charge on any atom is -0.262 e. The summed E-state index contributed by atoms with van der Waals surface area (Å²) in [6.45, 7) is 3.51. The summed E-state index contributed by atoms with van der Waals surface area (Å²) in [4.78, 5) is 3.86. The summed E-state index contributed by atoms with van der Waals surface area (Å²) in [7, 11) is -1.68. The molecule has 0 aliphatic carbocycles. The topological polar surface area (TPSA) is 79.0 Å². The van der Waals surface area contributed by atoms with E-state index in [4.69, 9.17) is 0 Å². The summed E-state index contributed by atoms with van der Waals surface area (Å²) < 4.78 is 24.5. The van der Waals surface area contributed by atoms with Gasteiger partial charge >= 0.3 is 0 Å². The minimum atomic E-state index is -3.21. The molecule has 0 aliphatic heterocycles. The highest BCUT2D eigenvalue weighted by Crippen LogP contribution is 2.08. The van der Waals surface area contributed by atoms with Gasteiger partial charge in [-0.1, -0.05) is 0 Å². The number of sulfonamides is 1. The first-order chi connectivity index (χ1) is 6.44. The molecule has 1 aromatic rings. The van der Waals surface area contributed by atoms with Crippen LogP contribution in [0.5, 0.6) is 0 Å². The van der Waals surface area contributed by atoms with Crippen molar-refractivity contribution in [3.8, 4) is 0 Å². The zero-order valence-electron chi connectivity index (χ0n) is 8.43. The van der Waals surface area contributed by atoms with Crippen molar-refractivity contribution in [1.82, 2.24) is 19.5 Å². The SMILES string of the molecule is CC(C)S(=O)(=O)N(C)Cc1ncn[nH]1. The first-order valence-electron chi connectivity index (χ1n) is 4.24. The number of nitrogens with one attached hydrogen (secondary N) is 1. The molecule has 6 nitrogen and oxygen atoms in total. The van der Waals surface area contributed by atoms with Crippen LogP contribution in [0.15, 0.2) is 6.33 Å². The Hall–Kier alpha value is -0.950. The Labute approximate surface area is 83.4 Å². The van der Waals surface area contributed by atoms with E-state index in [1.54, 1.807) is 13.8 Å². The predicted molar refractivity (Wildman–Crippen MR) is 51.9 cm³/mol. The van der Waals surface area contributed by atoms with Crippen molar-refractivity contribution in [3.05, 3.63) is 12.2 Å². The van der Waals surface area contributed by atoms with Gasteiger partial charge in [0.2, 0.25) is 10.0 Å². The van der Waals surface area contributed by atoms with Gasteiger partial charge in [-0.3, -0.25) is 5.10 Å². The fraction of sp³-hybridized carbons (Fsp3) is 0.714. The van der Waals surface area contributed by atoms with Crippen molar-refractivity contribution in [2.24, 2.45) is 0 Å². The summed E-state index contributed by atoms with van der Waals surface area (Å²) in [5.41, 5.74) is 0. The fourth-order valence-electron chi connectivity index (χ4n) is 0.968. The highest BCUT2D eigenvalue weighted by Gasteiger charge is 2.22. The Kier molecular flexibility index (Phi) is 3.22. The number of rotatable bonds is 4. The average Bonchev–Trinajstić information content (AvgIpc) is 2.56. The second-order valence-electron chi connectivity index (χ2n) is 3.28. The molecule has 0 spiro atoms. The van der Waals surface area contributed by atoms with E-state index in [9.17, 15) is 8.42 Å². The standard InChI is InChI=1S/C7H14N4O2S/c1-6(2)14(12,13)11(3)4-7-8-5-9-10-7/h5-6H,4H2,1-3H3,(H,8,9,10). The van der Waals surface area contributed by atoms with Gasteiger partial charge in [0.25, 0.3) is 0 Å². The van der Waals surface area contributed by atoms with Gasteiger partial charge in [-0.2, -0.15) is 9.40 Å². The van der Waals surface area contributed by atoms with Crippen LogP contribution in [0.3, 0.4) is 0 Å². The van der Waals surface area contributed by atoms with Crippen molar-refractivity contribution in [3.63, 3.8) is 0 Å². The molecule has 0 amide bonds. The van der Waals surface area contributed by atoms with Crippen LogP contribution in [0.2, 0.25) is 0 Å². The van der Waals surface area contributed by atoms with Gasteiger partial charge in [0.05, 0.1) is 11.8 Å². The molecule has 1 N–H and O–H groups in total. The molecule has 0 aromatic carbocycles. The van der Waals surface area contributed by atoms with Crippen molar-refractivity contribution < 1.29 is 8.42 Å². The number of hydrogen-bond donors (Lipinski definition) is 1. The van der Waals surface area contributed by atoms with Gasteiger partial charge in [0.15, 0.2) is 0 Å². The van der Waals surface area contributed by atoms with Gasteiger partial charge in [0, 0.05) is 7.05 Å². The van der Waals surface area contributed by atoms with Gasteiger partial charge in [-0.15, -0.1) is 0 Å². The fourth-order valence-corrected chi connectivity index (χ4v) is 1.99. The third kappa shape index (κ3) is 2.30. The molecule has 0 bridgehead atoms. The summed E-state index contributed by atoms with van der Waals surface area (Å²) in [6, 6.07) is 0. The maximum Gasteiger partial charge on any atom is 0.216 e. The van der Waals surface area contributed by atoms with E-state index in [1.807, 2.05) is 0 Å². The summed E-state index contributed by atoms with van der Waals surface area (Å²) in [5, 5.41) is 5.84. The molecule has 0 fully saturated rings. The summed E-state index contributed by atoms with van der Waals surface area (Å²) in [6.07, 6.45) is 1.35. The second-order valence-corrected chi connectivity index (χ2v) is 5.88. The molecule has 7 heteroatoms. The lowest BCUT2D eigenvalue weighted by atomic mass is 10.6.